The highest BCUT2D eigenvalue weighted by atomic mass is 32.2. The summed E-state index contributed by atoms with van der Waals surface area (Å²) in [5.74, 6) is 0. The summed E-state index contributed by atoms with van der Waals surface area (Å²) in [6, 6.07) is 9.52. The molecular formula is C15H23NS. The second kappa shape index (κ2) is 6.95. The van der Waals surface area contributed by atoms with Gasteiger partial charge in [0.05, 0.1) is 0 Å². The van der Waals surface area contributed by atoms with Gasteiger partial charge in [-0.2, -0.15) is 0 Å². The maximum absolute atomic E-state index is 3.69. The molecule has 0 radical (unpaired) electrons. The quantitative estimate of drug-likeness (QED) is 0.762. The van der Waals surface area contributed by atoms with Gasteiger partial charge in [0, 0.05) is 16.6 Å². The molecule has 0 unspecified atom stereocenters. The third-order valence-corrected chi connectivity index (χ3v) is 4.31. The molecule has 1 aromatic rings. The third kappa shape index (κ3) is 4.27. The van der Waals surface area contributed by atoms with Crippen molar-refractivity contribution in [3.8, 4) is 0 Å². The predicted molar refractivity (Wildman–Crippen MR) is 78.0 cm³/mol. The number of thioether (sulfide) groups is 1. The standard InChI is InChI=1S/C15H23NS/c1-17-15-11-9-14(10-12-15)16-13-7-5-3-2-4-6-8-13/h9-13,16H,2-8H2,1H3. The van der Waals surface area contributed by atoms with Crippen molar-refractivity contribution in [1.82, 2.24) is 0 Å². The van der Waals surface area contributed by atoms with Gasteiger partial charge >= 0.3 is 0 Å². The molecule has 0 atom stereocenters. The number of hydrogen-bond donors (Lipinski definition) is 1. The van der Waals surface area contributed by atoms with E-state index in [0.717, 1.165) is 0 Å². The number of rotatable bonds is 3. The molecule has 0 spiro atoms. The summed E-state index contributed by atoms with van der Waals surface area (Å²) < 4.78 is 0. The van der Waals surface area contributed by atoms with Crippen LogP contribution in [0.4, 0.5) is 5.69 Å². The molecule has 1 nitrogen and oxygen atoms in total. The first kappa shape index (κ1) is 12.8. The average Bonchev–Trinajstić information content (AvgIpc) is 2.33. The van der Waals surface area contributed by atoms with Crippen molar-refractivity contribution in [3.63, 3.8) is 0 Å². The zero-order valence-electron chi connectivity index (χ0n) is 10.7. The SMILES string of the molecule is CSc1ccc(NC2CCCCCCC2)cc1. The van der Waals surface area contributed by atoms with Gasteiger partial charge in [-0.1, -0.05) is 32.1 Å². The van der Waals surface area contributed by atoms with E-state index in [1.54, 1.807) is 11.8 Å². The molecule has 1 aliphatic carbocycles. The first-order chi connectivity index (χ1) is 8.38. The lowest BCUT2D eigenvalue weighted by molar-refractivity contribution is 0.471. The van der Waals surface area contributed by atoms with Gasteiger partial charge in [-0.15, -0.1) is 11.8 Å². The Morgan fingerprint density at radius 3 is 2.12 bits per heavy atom. The van der Waals surface area contributed by atoms with Crippen LogP contribution >= 0.6 is 11.8 Å². The Balaban J connectivity index is 1.88. The van der Waals surface area contributed by atoms with Gasteiger partial charge in [-0.3, -0.25) is 0 Å². The monoisotopic (exact) mass is 249 g/mol. The third-order valence-electron chi connectivity index (χ3n) is 3.57. The van der Waals surface area contributed by atoms with E-state index in [1.165, 1.54) is 55.5 Å². The van der Waals surface area contributed by atoms with Crippen LogP contribution in [-0.2, 0) is 0 Å². The van der Waals surface area contributed by atoms with Crippen molar-refractivity contribution in [3.05, 3.63) is 24.3 Å². The van der Waals surface area contributed by atoms with Crippen LogP contribution in [0.1, 0.15) is 44.9 Å². The van der Waals surface area contributed by atoms with Gasteiger partial charge < -0.3 is 5.32 Å². The molecular weight excluding hydrogens is 226 g/mol. The fourth-order valence-corrected chi connectivity index (χ4v) is 2.93. The van der Waals surface area contributed by atoms with Crippen molar-refractivity contribution in [2.24, 2.45) is 0 Å². The summed E-state index contributed by atoms with van der Waals surface area (Å²) in [6.07, 6.45) is 11.9. The Labute approximate surface area is 109 Å². The highest BCUT2D eigenvalue weighted by Crippen LogP contribution is 2.22. The summed E-state index contributed by atoms with van der Waals surface area (Å²) in [4.78, 5) is 1.34. The van der Waals surface area contributed by atoms with Crippen LogP contribution in [0.25, 0.3) is 0 Å². The van der Waals surface area contributed by atoms with Gasteiger partial charge in [-0.25, -0.2) is 0 Å². The number of anilines is 1. The molecule has 1 N–H and O–H groups in total. The van der Waals surface area contributed by atoms with Crippen molar-refractivity contribution in [2.45, 2.75) is 55.9 Å². The van der Waals surface area contributed by atoms with Crippen LogP contribution in [0.15, 0.2) is 29.2 Å². The zero-order chi connectivity index (χ0) is 11.9. The van der Waals surface area contributed by atoms with Gasteiger partial charge in [0.25, 0.3) is 0 Å². The summed E-state index contributed by atoms with van der Waals surface area (Å²) in [5.41, 5.74) is 1.29. The van der Waals surface area contributed by atoms with Gasteiger partial charge in [0.1, 0.15) is 0 Å². The van der Waals surface area contributed by atoms with Crippen LogP contribution < -0.4 is 5.32 Å². The van der Waals surface area contributed by atoms with Crippen molar-refractivity contribution < 1.29 is 0 Å². The lowest BCUT2D eigenvalue weighted by Gasteiger charge is -2.22. The maximum Gasteiger partial charge on any atom is 0.0343 e. The lowest BCUT2D eigenvalue weighted by atomic mass is 9.96. The highest BCUT2D eigenvalue weighted by Gasteiger charge is 2.10. The molecule has 0 bridgehead atoms. The van der Waals surface area contributed by atoms with Crippen molar-refractivity contribution >= 4 is 17.4 Å². The van der Waals surface area contributed by atoms with Gasteiger partial charge in [0.15, 0.2) is 0 Å². The average molecular weight is 249 g/mol. The molecule has 0 aliphatic heterocycles. The van der Waals surface area contributed by atoms with Crippen molar-refractivity contribution in [2.75, 3.05) is 11.6 Å². The summed E-state index contributed by atoms with van der Waals surface area (Å²) >= 11 is 1.80. The van der Waals surface area contributed by atoms with E-state index in [4.69, 9.17) is 0 Å². The van der Waals surface area contributed by atoms with Crippen LogP contribution in [0.2, 0.25) is 0 Å². The minimum atomic E-state index is 0.690. The molecule has 0 heterocycles. The minimum absolute atomic E-state index is 0.690. The number of hydrogen-bond acceptors (Lipinski definition) is 2. The van der Waals surface area contributed by atoms with Crippen LogP contribution in [0, 0.1) is 0 Å². The first-order valence-electron chi connectivity index (χ1n) is 6.79. The van der Waals surface area contributed by atoms with Crippen LogP contribution in [-0.4, -0.2) is 12.3 Å². The summed E-state index contributed by atoms with van der Waals surface area (Å²) in [6.45, 7) is 0. The molecule has 1 saturated carbocycles. The summed E-state index contributed by atoms with van der Waals surface area (Å²) in [5, 5.41) is 3.69. The predicted octanol–water partition coefficient (Wildman–Crippen LogP) is 4.93. The van der Waals surface area contributed by atoms with Crippen LogP contribution in [0.5, 0.6) is 0 Å². The topological polar surface area (TPSA) is 12.0 Å². The minimum Gasteiger partial charge on any atom is -0.382 e. The molecule has 0 aromatic heterocycles. The molecule has 0 amide bonds. The molecule has 17 heavy (non-hydrogen) atoms. The van der Waals surface area contributed by atoms with E-state index in [1.807, 2.05) is 0 Å². The fraction of sp³-hybridized carbons (Fsp3) is 0.600. The van der Waals surface area contributed by atoms with Crippen LogP contribution in [0.3, 0.4) is 0 Å². The van der Waals surface area contributed by atoms with E-state index in [0.29, 0.717) is 6.04 Å². The van der Waals surface area contributed by atoms with Gasteiger partial charge in [-0.05, 0) is 43.4 Å². The Bertz CT molecular complexity index is 312. The Morgan fingerprint density at radius 1 is 0.941 bits per heavy atom. The second-order valence-corrected chi connectivity index (χ2v) is 5.79. The molecule has 0 saturated heterocycles. The highest BCUT2D eigenvalue weighted by molar-refractivity contribution is 7.98. The van der Waals surface area contributed by atoms with E-state index in [9.17, 15) is 0 Å². The molecule has 94 valence electrons. The molecule has 1 aromatic carbocycles. The second-order valence-electron chi connectivity index (χ2n) is 4.91. The Morgan fingerprint density at radius 2 is 1.53 bits per heavy atom. The van der Waals surface area contributed by atoms with E-state index in [-0.39, 0.29) is 0 Å². The molecule has 2 heteroatoms. The van der Waals surface area contributed by atoms with E-state index in [2.05, 4.69) is 35.8 Å². The summed E-state index contributed by atoms with van der Waals surface area (Å²) in [7, 11) is 0. The smallest absolute Gasteiger partial charge is 0.0343 e. The van der Waals surface area contributed by atoms with E-state index < -0.39 is 0 Å². The van der Waals surface area contributed by atoms with Gasteiger partial charge in [0.2, 0.25) is 0 Å². The Kier molecular flexibility index (Phi) is 5.24. The molecule has 2 rings (SSSR count). The number of benzene rings is 1. The lowest BCUT2D eigenvalue weighted by Crippen LogP contribution is -2.20. The largest absolute Gasteiger partial charge is 0.382 e. The first-order valence-corrected chi connectivity index (χ1v) is 8.01. The van der Waals surface area contributed by atoms with Crippen molar-refractivity contribution in [1.29, 1.82) is 0 Å². The fourth-order valence-electron chi connectivity index (χ4n) is 2.52. The molecule has 1 aliphatic rings. The number of nitrogens with one attached hydrogen (secondary N) is 1. The normalized spacial score (nSPS) is 18.4. The maximum atomic E-state index is 3.69. The zero-order valence-corrected chi connectivity index (χ0v) is 11.6. The molecule has 1 fully saturated rings. The Hall–Kier alpha value is -0.630. The van der Waals surface area contributed by atoms with E-state index >= 15 is 0 Å².